The average molecular weight is 546 g/mol. The number of aryl methyl sites for hydroxylation is 1. The molecule has 2 aromatic rings. The molecule has 0 aliphatic rings. The van der Waals surface area contributed by atoms with Crippen LogP contribution in [0.25, 0.3) is 0 Å². The third-order valence-corrected chi connectivity index (χ3v) is 6.44. The quantitative estimate of drug-likeness (QED) is 0.303. The van der Waals surface area contributed by atoms with Crippen LogP contribution in [0.5, 0.6) is 5.75 Å². The highest BCUT2D eigenvalue weighted by Gasteiger charge is 2.20. The molecule has 0 amide bonds. The summed E-state index contributed by atoms with van der Waals surface area (Å²) in [4.78, 5) is 4.51. The first-order valence-corrected chi connectivity index (χ1v) is 10.8. The zero-order valence-electron chi connectivity index (χ0n) is 18.1. The van der Waals surface area contributed by atoms with E-state index in [4.69, 9.17) is 4.74 Å². The predicted octanol–water partition coefficient (Wildman–Crippen LogP) is 2.78. The number of guanidine groups is 1. The van der Waals surface area contributed by atoms with Crippen LogP contribution in [0, 0.1) is 6.92 Å². The van der Waals surface area contributed by atoms with E-state index in [9.17, 15) is 8.42 Å². The maximum absolute atomic E-state index is 12.5. The minimum Gasteiger partial charge on any atom is -0.496 e. The monoisotopic (exact) mass is 546 g/mol. The van der Waals surface area contributed by atoms with E-state index in [2.05, 4.69) is 28.6 Å². The van der Waals surface area contributed by atoms with Gasteiger partial charge in [0, 0.05) is 34.2 Å². The molecule has 2 rings (SSSR count). The van der Waals surface area contributed by atoms with Crippen molar-refractivity contribution in [2.75, 3.05) is 34.8 Å². The molecule has 0 aliphatic carbocycles. The molecular formula is C21H31IN4O3S. The number of aliphatic imine (C=N–C) groups is 1. The number of halogens is 1. The smallest absolute Gasteiger partial charge is 0.242 e. The van der Waals surface area contributed by atoms with Gasteiger partial charge < -0.3 is 15.4 Å². The van der Waals surface area contributed by atoms with E-state index < -0.39 is 10.0 Å². The van der Waals surface area contributed by atoms with E-state index in [0.717, 1.165) is 17.7 Å². The summed E-state index contributed by atoms with van der Waals surface area (Å²) in [7, 11) is 2.90. The fourth-order valence-electron chi connectivity index (χ4n) is 2.92. The van der Waals surface area contributed by atoms with Gasteiger partial charge >= 0.3 is 0 Å². The summed E-state index contributed by atoms with van der Waals surface area (Å²) in [6, 6.07) is 13.1. The largest absolute Gasteiger partial charge is 0.496 e. The highest BCUT2D eigenvalue weighted by atomic mass is 127. The summed E-state index contributed by atoms with van der Waals surface area (Å²) in [5.41, 5.74) is 2.99. The molecule has 0 bridgehead atoms. The number of rotatable bonds is 8. The van der Waals surface area contributed by atoms with E-state index in [1.807, 2.05) is 18.2 Å². The zero-order chi connectivity index (χ0) is 21.4. The van der Waals surface area contributed by atoms with Gasteiger partial charge in [0.2, 0.25) is 10.0 Å². The van der Waals surface area contributed by atoms with Gasteiger partial charge in [0.25, 0.3) is 0 Å². The van der Waals surface area contributed by atoms with Gasteiger partial charge in [0.15, 0.2) is 5.96 Å². The Labute approximate surface area is 197 Å². The first kappa shape index (κ1) is 26.2. The van der Waals surface area contributed by atoms with Crippen molar-refractivity contribution in [1.82, 2.24) is 14.9 Å². The van der Waals surface area contributed by atoms with Crippen molar-refractivity contribution in [3.63, 3.8) is 0 Å². The number of nitrogens with one attached hydrogen (secondary N) is 2. The highest BCUT2D eigenvalue weighted by Crippen LogP contribution is 2.20. The van der Waals surface area contributed by atoms with Crippen LogP contribution < -0.4 is 15.4 Å². The first-order valence-electron chi connectivity index (χ1n) is 9.38. The van der Waals surface area contributed by atoms with E-state index in [1.54, 1.807) is 32.4 Å². The summed E-state index contributed by atoms with van der Waals surface area (Å²) in [6.07, 6.45) is 0.775. The lowest BCUT2D eigenvalue weighted by molar-refractivity contribution is 0.409. The van der Waals surface area contributed by atoms with E-state index in [0.29, 0.717) is 24.6 Å². The third kappa shape index (κ3) is 6.85. The SMILES string of the molecule is CN=C(NCCc1cc(C)ccc1OC)NCc1ccccc1S(=O)(=O)N(C)C.I. The number of hydrogen-bond acceptors (Lipinski definition) is 4. The Morgan fingerprint density at radius 3 is 2.43 bits per heavy atom. The standard InChI is InChI=1S/C21H30N4O3S.HI/c1-16-10-11-19(28-5)17(14-16)12-13-23-21(22-2)24-15-18-8-6-7-9-20(18)29(26,27)25(3)4;/h6-11,14H,12-13,15H2,1-5H3,(H2,22,23,24);1H. The van der Waals surface area contributed by atoms with E-state index in [1.165, 1.54) is 24.0 Å². The molecule has 0 aliphatic heterocycles. The van der Waals surface area contributed by atoms with Gasteiger partial charge in [-0.2, -0.15) is 0 Å². The number of methoxy groups -OCH3 is 1. The van der Waals surface area contributed by atoms with Crippen LogP contribution in [-0.4, -0.2) is 53.5 Å². The molecule has 0 saturated heterocycles. The minimum atomic E-state index is -3.51. The summed E-state index contributed by atoms with van der Waals surface area (Å²) in [6.45, 7) is 3.06. The second-order valence-corrected chi connectivity index (χ2v) is 8.93. The van der Waals surface area contributed by atoms with Crippen molar-refractivity contribution in [2.24, 2.45) is 4.99 Å². The Morgan fingerprint density at radius 2 is 1.80 bits per heavy atom. The molecule has 0 unspecified atom stereocenters. The lowest BCUT2D eigenvalue weighted by Gasteiger charge is -2.17. The Kier molecular flexibility index (Phi) is 10.6. The lowest BCUT2D eigenvalue weighted by Crippen LogP contribution is -2.38. The molecular weight excluding hydrogens is 515 g/mol. The predicted molar refractivity (Wildman–Crippen MR) is 132 cm³/mol. The van der Waals surface area contributed by atoms with E-state index >= 15 is 0 Å². The van der Waals surface area contributed by atoms with Crippen LogP contribution in [0.1, 0.15) is 16.7 Å². The van der Waals surface area contributed by atoms with Crippen molar-refractivity contribution in [3.05, 3.63) is 59.2 Å². The van der Waals surface area contributed by atoms with Gasteiger partial charge in [-0.3, -0.25) is 4.99 Å². The second kappa shape index (κ2) is 12.1. The van der Waals surface area contributed by atoms with Gasteiger partial charge in [-0.15, -0.1) is 24.0 Å². The van der Waals surface area contributed by atoms with Gasteiger partial charge in [-0.1, -0.05) is 35.9 Å². The number of nitrogens with zero attached hydrogens (tertiary/aromatic N) is 2. The first-order chi connectivity index (χ1) is 13.8. The maximum Gasteiger partial charge on any atom is 0.242 e. The minimum absolute atomic E-state index is 0. The van der Waals surface area contributed by atoms with Gasteiger partial charge in [-0.05, 0) is 36.6 Å². The van der Waals surface area contributed by atoms with Crippen LogP contribution in [-0.2, 0) is 23.0 Å². The molecule has 9 heteroatoms. The number of sulfonamides is 1. The van der Waals surface area contributed by atoms with Crippen LogP contribution in [0.2, 0.25) is 0 Å². The Morgan fingerprint density at radius 1 is 1.10 bits per heavy atom. The van der Waals surface area contributed by atoms with Gasteiger partial charge in [-0.25, -0.2) is 12.7 Å². The van der Waals surface area contributed by atoms with Crippen LogP contribution in [0.3, 0.4) is 0 Å². The molecule has 0 fully saturated rings. The maximum atomic E-state index is 12.5. The highest BCUT2D eigenvalue weighted by molar-refractivity contribution is 14.0. The lowest BCUT2D eigenvalue weighted by atomic mass is 10.1. The molecule has 166 valence electrons. The van der Waals surface area contributed by atoms with Crippen molar-refractivity contribution < 1.29 is 13.2 Å². The topological polar surface area (TPSA) is 83.0 Å². The van der Waals surface area contributed by atoms with Crippen molar-refractivity contribution >= 4 is 40.0 Å². The Balaban J connectivity index is 0.00000450. The second-order valence-electron chi connectivity index (χ2n) is 6.81. The summed E-state index contributed by atoms with van der Waals surface area (Å²) < 4.78 is 31.7. The molecule has 30 heavy (non-hydrogen) atoms. The normalized spacial score (nSPS) is 11.7. The molecule has 0 saturated carbocycles. The van der Waals surface area contributed by atoms with Gasteiger partial charge in [0.1, 0.15) is 5.75 Å². The van der Waals surface area contributed by atoms with Crippen molar-refractivity contribution in [1.29, 1.82) is 0 Å². The molecule has 0 spiro atoms. The Bertz CT molecular complexity index is 962. The molecule has 0 radical (unpaired) electrons. The molecule has 0 atom stereocenters. The molecule has 2 N–H and O–H groups in total. The fourth-order valence-corrected chi connectivity index (χ4v) is 4.03. The molecule has 0 aromatic heterocycles. The summed E-state index contributed by atoms with van der Waals surface area (Å²) in [5, 5.41) is 6.45. The summed E-state index contributed by atoms with van der Waals surface area (Å²) in [5.74, 6) is 1.47. The van der Waals surface area contributed by atoms with Crippen LogP contribution >= 0.6 is 24.0 Å². The van der Waals surface area contributed by atoms with Crippen LogP contribution in [0.4, 0.5) is 0 Å². The number of benzene rings is 2. The molecule has 0 heterocycles. The van der Waals surface area contributed by atoms with Crippen LogP contribution in [0.15, 0.2) is 52.4 Å². The Hall–Kier alpha value is -1.85. The van der Waals surface area contributed by atoms with Gasteiger partial charge in [0.05, 0.1) is 12.0 Å². The third-order valence-electron chi connectivity index (χ3n) is 4.52. The fraction of sp³-hybridized carbons (Fsp3) is 0.381. The molecule has 2 aromatic carbocycles. The van der Waals surface area contributed by atoms with Crippen molar-refractivity contribution in [2.45, 2.75) is 24.8 Å². The average Bonchev–Trinajstić information content (AvgIpc) is 2.70. The number of ether oxygens (including phenoxy) is 1. The number of hydrogen-bond donors (Lipinski definition) is 2. The van der Waals surface area contributed by atoms with Crippen molar-refractivity contribution in [3.8, 4) is 5.75 Å². The van der Waals surface area contributed by atoms with E-state index in [-0.39, 0.29) is 28.9 Å². The molecule has 7 nitrogen and oxygen atoms in total. The zero-order valence-corrected chi connectivity index (χ0v) is 21.2. The summed E-state index contributed by atoms with van der Waals surface area (Å²) >= 11 is 0.